The molecule has 0 aliphatic heterocycles. The number of nitrogens with one attached hydrogen (secondary N) is 1. The molecule has 1 saturated carbocycles. The van der Waals surface area contributed by atoms with Gasteiger partial charge in [0.05, 0.1) is 20.6 Å². The van der Waals surface area contributed by atoms with Gasteiger partial charge in [0.25, 0.3) is 10.0 Å². The summed E-state index contributed by atoms with van der Waals surface area (Å²) in [6, 6.07) is 27.0. The molecule has 246 valence electrons. The van der Waals surface area contributed by atoms with Crippen LogP contribution in [-0.2, 0) is 32.6 Å². The minimum atomic E-state index is -4.25. The summed E-state index contributed by atoms with van der Waals surface area (Å²) >= 11 is 16.0. The van der Waals surface area contributed by atoms with Crippen molar-refractivity contribution in [3.8, 4) is 0 Å². The zero-order valence-corrected chi connectivity index (χ0v) is 29.8. The average molecular weight is 758 g/mol. The van der Waals surface area contributed by atoms with Crippen LogP contribution in [-0.4, -0.2) is 43.8 Å². The lowest BCUT2D eigenvalue weighted by Gasteiger charge is -2.34. The highest BCUT2D eigenvalue weighted by Gasteiger charge is 2.35. The van der Waals surface area contributed by atoms with E-state index < -0.39 is 28.5 Å². The second-order valence-corrected chi connectivity index (χ2v) is 15.4. The Balaban J connectivity index is 1.57. The maximum Gasteiger partial charge on any atom is 0.264 e. The van der Waals surface area contributed by atoms with Gasteiger partial charge in [-0.25, -0.2) is 8.42 Å². The van der Waals surface area contributed by atoms with Gasteiger partial charge in [-0.1, -0.05) is 112 Å². The van der Waals surface area contributed by atoms with Crippen molar-refractivity contribution in [2.45, 2.75) is 62.6 Å². The Morgan fingerprint density at radius 3 is 2.17 bits per heavy atom. The van der Waals surface area contributed by atoms with Crippen molar-refractivity contribution < 1.29 is 18.0 Å². The van der Waals surface area contributed by atoms with Crippen LogP contribution < -0.4 is 9.62 Å². The van der Waals surface area contributed by atoms with E-state index in [9.17, 15) is 18.0 Å². The van der Waals surface area contributed by atoms with E-state index in [1.807, 2.05) is 61.5 Å². The maximum absolute atomic E-state index is 14.6. The van der Waals surface area contributed by atoms with Gasteiger partial charge in [-0.05, 0) is 73.4 Å². The molecule has 0 unspecified atom stereocenters. The van der Waals surface area contributed by atoms with Crippen molar-refractivity contribution in [2.24, 2.45) is 0 Å². The van der Waals surface area contributed by atoms with E-state index >= 15 is 0 Å². The molecule has 2 amide bonds. The summed E-state index contributed by atoms with van der Waals surface area (Å²) in [5, 5.41) is 3.58. The lowest BCUT2D eigenvalue weighted by Crippen LogP contribution is -2.54. The molecule has 11 heteroatoms. The van der Waals surface area contributed by atoms with E-state index in [-0.39, 0.29) is 45.5 Å². The van der Waals surface area contributed by atoms with Gasteiger partial charge in [0, 0.05) is 23.5 Å². The van der Waals surface area contributed by atoms with Crippen LogP contribution in [0.2, 0.25) is 10.0 Å². The van der Waals surface area contributed by atoms with E-state index in [0.29, 0.717) is 0 Å². The predicted molar refractivity (Wildman–Crippen MR) is 191 cm³/mol. The van der Waals surface area contributed by atoms with Gasteiger partial charge < -0.3 is 10.2 Å². The standard InChI is InChI=1S/C36H36BrCl2N3O4S/c1-25-11-18-31(19-12-25)47(45,46)42(30-17-20-32(38)33(39)22-30)24-35(43)41(23-27-13-15-28(37)16-14-27)34(21-26-7-3-2-4-8-26)36(44)40-29-9-5-6-10-29/h2-4,7-8,11-20,22,29,34H,5-6,9-10,21,23-24H2,1H3,(H,40,44)/t34-/m0/s1. The van der Waals surface area contributed by atoms with E-state index in [0.717, 1.165) is 51.2 Å². The first kappa shape index (κ1) is 35.0. The number of aryl methyl sites for hydroxylation is 1. The first-order valence-electron chi connectivity index (χ1n) is 15.4. The summed E-state index contributed by atoms with van der Waals surface area (Å²) in [4.78, 5) is 30.2. The summed E-state index contributed by atoms with van der Waals surface area (Å²) < 4.78 is 30.3. The Morgan fingerprint density at radius 1 is 0.872 bits per heavy atom. The van der Waals surface area contributed by atoms with Crippen LogP contribution in [0.5, 0.6) is 0 Å². The summed E-state index contributed by atoms with van der Waals surface area (Å²) in [5.41, 5.74) is 2.72. The molecular weight excluding hydrogens is 721 g/mol. The molecule has 47 heavy (non-hydrogen) atoms. The number of amides is 2. The second-order valence-electron chi connectivity index (χ2n) is 11.8. The van der Waals surface area contributed by atoms with Crippen LogP contribution in [0.15, 0.2) is 106 Å². The Hall–Kier alpha value is -3.37. The van der Waals surface area contributed by atoms with E-state index in [2.05, 4.69) is 21.2 Å². The monoisotopic (exact) mass is 755 g/mol. The Morgan fingerprint density at radius 2 is 1.53 bits per heavy atom. The zero-order valence-electron chi connectivity index (χ0n) is 25.9. The Kier molecular flexibility index (Phi) is 11.7. The van der Waals surface area contributed by atoms with Gasteiger partial charge in [-0.3, -0.25) is 13.9 Å². The lowest BCUT2D eigenvalue weighted by atomic mass is 10.0. The Bertz CT molecular complexity index is 1800. The fraction of sp³-hybridized carbons (Fsp3) is 0.278. The van der Waals surface area contributed by atoms with Crippen molar-refractivity contribution in [1.29, 1.82) is 0 Å². The number of halogens is 3. The summed E-state index contributed by atoms with van der Waals surface area (Å²) in [7, 11) is -4.25. The van der Waals surface area contributed by atoms with Crippen molar-refractivity contribution in [2.75, 3.05) is 10.8 Å². The van der Waals surface area contributed by atoms with Crippen molar-refractivity contribution in [3.05, 3.63) is 128 Å². The average Bonchev–Trinajstić information content (AvgIpc) is 3.57. The van der Waals surface area contributed by atoms with E-state index in [1.54, 1.807) is 12.1 Å². The lowest BCUT2D eigenvalue weighted by molar-refractivity contribution is -0.140. The van der Waals surface area contributed by atoms with Gasteiger partial charge >= 0.3 is 0 Å². The SMILES string of the molecule is Cc1ccc(S(=O)(=O)N(CC(=O)N(Cc2ccc(Br)cc2)[C@@H](Cc2ccccc2)C(=O)NC2CCCC2)c2ccc(Cl)c(Cl)c2)cc1. The first-order valence-corrected chi connectivity index (χ1v) is 18.4. The molecule has 0 saturated heterocycles. The highest BCUT2D eigenvalue weighted by atomic mass is 79.9. The fourth-order valence-electron chi connectivity index (χ4n) is 5.71. The van der Waals surface area contributed by atoms with E-state index in [4.69, 9.17) is 23.2 Å². The number of nitrogens with zero attached hydrogens (tertiary/aromatic N) is 2. The molecule has 1 aliphatic rings. The molecule has 1 N–H and O–H groups in total. The molecule has 0 aromatic heterocycles. The van der Waals surface area contributed by atoms with E-state index in [1.165, 1.54) is 35.2 Å². The summed E-state index contributed by atoms with van der Waals surface area (Å²) in [5.74, 6) is -0.814. The summed E-state index contributed by atoms with van der Waals surface area (Å²) in [6.45, 7) is 1.37. The number of hydrogen-bond donors (Lipinski definition) is 1. The smallest absolute Gasteiger partial charge is 0.264 e. The van der Waals surface area contributed by atoms with Crippen LogP contribution in [0.1, 0.15) is 42.4 Å². The minimum absolute atomic E-state index is 0.0150. The molecule has 0 heterocycles. The number of hydrogen-bond acceptors (Lipinski definition) is 4. The number of carbonyl (C=O) groups excluding carboxylic acids is 2. The largest absolute Gasteiger partial charge is 0.352 e. The molecule has 0 spiro atoms. The topological polar surface area (TPSA) is 86.8 Å². The van der Waals surface area contributed by atoms with Crippen molar-refractivity contribution in [3.63, 3.8) is 0 Å². The van der Waals surface area contributed by atoms with Gasteiger partial charge in [0.2, 0.25) is 11.8 Å². The number of carbonyl (C=O) groups is 2. The van der Waals surface area contributed by atoms with Crippen molar-refractivity contribution >= 4 is 66.7 Å². The van der Waals surface area contributed by atoms with Gasteiger partial charge in [-0.2, -0.15) is 0 Å². The number of sulfonamides is 1. The predicted octanol–water partition coefficient (Wildman–Crippen LogP) is 7.96. The van der Waals surface area contributed by atoms with Crippen LogP contribution in [0, 0.1) is 6.92 Å². The third-order valence-corrected chi connectivity index (χ3v) is 11.4. The molecule has 7 nitrogen and oxygen atoms in total. The first-order chi connectivity index (χ1) is 22.5. The Labute approximate surface area is 295 Å². The van der Waals surface area contributed by atoms with Crippen LogP contribution in [0.25, 0.3) is 0 Å². The molecule has 5 rings (SSSR count). The number of benzene rings is 4. The molecule has 0 radical (unpaired) electrons. The molecular formula is C36H36BrCl2N3O4S. The third kappa shape index (κ3) is 8.96. The molecule has 4 aromatic rings. The van der Waals surface area contributed by atoms with Crippen LogP contribution in [0.3, 0.4) is 0 Å². The van der Waals surface area contributed by atoms with Gasteiger partial charge in [0.1, 0.15) is 12.6 Å². The minimum Gasteiger partial charge on any atom is -0.352 e. The third-order valence-electron chi connectivity index (χ3n) is 8.32. The van der Waals surface area contributed by atoms with Crippen LogP contribution >= 0.6 is 39.1 Å². The molecule has 1 fully saturated rings. The molecule has 4 aromatic carbocycles. The van der Waals surface area contributed by atoms with Gasteiger partial charge in [-0.15, -0.1) is 0 Å². The second kappa shape index (κ2) is 15.7. The quantitative estimate of drug-likeness (QED) is 0.159. The number of anilines is 1. The highest BCUT2D eigenvalue weighted by Crippen LogP contribution is 2.31. The molecule has 1 aliphatic carbocycles. The molecule has 0 bridgehead atoms. The van der Waals surface area contributed by atoms with Crippen LogP contribution in [0.4, 0.5) is 5.69 Å². The summed E-state index contributed by atoms with van der Waals surface area (Å²) in [6.07, 6.45) is 4.07. The van der Waals surface area contributed by atoms with Gasteiger partial charge in [0.15, 0.2) is 0 Å². The zero-order chi connectivity index (χ0) is 33.6. The maximum atomic E-state index is 14.6. The normalized spacial score (nSPS) is 14.0. The highest BCUT2D eigenvalue weighted by molar-refractivity contribution is 9.10. The fourth-order valence-corrected chi connectivity index (χ4v) is 7.68. The number of rotatable bonds is 12. The van der Waals surface area contributed by atoms with Crippen molar-refractivity contribution in [1.82, 2.24) is 10.2 Å². The molecule has 1 atom stereocenters.